The maximum absolute atomic E-state index is 9.90. The van der Waals surface area contributed by atoms with Crippen molar-refractivity contribution < 1.29 is 9.84 Å². The molecule has 0 aliphatic carbocycles. The molecule has 3 heteroatoms. The molecule has 0 aromatic carbocycles. The Balaban J connectivity index is 4.24. The van der Waals surface area contributed by atoms with Crippen LogP contribution in [0.2, 0.25) is 0 Å². The summed E-state index contributed by atoms with van der Waals surface area (Å²) in [6.45, 7) is 12.2. The first-order chi connectivity index (χ1) is 6.61. The first-order valence-corrected chi connectivity index (χ1v) is 5.73. The largest absolute Gasteiger partial charge is 0.390 e. The molecule has 0 saturated heterocycles. The van der Waals surface area contributed by atoms with Crippen molar-refractivity contribution >= 4 is 0 Å². The third-order valence-electron chi connectivity index (χ3n) is 3.24. The van der Waals surface area contributed by atoms with Crippen LogP contribution in [0.1, 0.15) is 48.0 Å². The van der Waals surface area contributed by atoms with E-state index in [1.165, 1.54) is 0 Å². The third kappa shape index (κ3) is 4.96. The zero-order valence-electron chi connectivity index (χ0n) is 11.0. The van der Waals surface area contributed by atoms with Gasteiger partial charge in [-0.2, -0.15) is 0 Å². The van der Waals surface area contributed by atoms with E-state index in [-0.39, 0.29) is 17.6 Å². The first kappa shape index (κ1) is 14.9. The average Bonchev–Trinajstić information content (AvgIpc) is 2.02. The smallest absolute Gasteiger partial charge is 0.0774 e. The van der Waals surface area contributed by atoms with Crippen LogP contribution in [0.5, 0.6) is 0 Å². The van der Waals surface area contributed by atoms with E-state index in [2.05, 4.69) is 6.92 Å². The molecule has 0 saturated carbocycles. The lowest BCUT2D eigenvalue weighted by Crippen LogP contribution is -2.45. The molecule has 2 unspecified atom stereocenters. The standard InChI is InChI=1S/C12H27NO2/c1-7-10(11(3,4)14)8-15-12(5,6)9(2)13/h9-10,14H,7-8,13H2,1-6H3. The Labute approximate surface area is 94.0 Å². The molecule has 0 bridgehead atoms. The normalized spacial score (nSPS) is 17.6. The van der Waals surface area contributed by atoms with Gasteiger partial charge in [-0.05, 0) is 41.0 Å². The summed E-state index contributed by atoms with van der Waals surface area (Å²) >= 11 is 0. The number of rotatable bonds is 6. The van der Waals surface area contributed by atoms with Crippen LogP contribution in [0, 0.1) is 5.92 Å². The summed E-state index contributed by atoms with van der Waals surface area (Å²) in [7, 11) is 0. The second kappa shape index (κ2) is 5.28. The lowest BCUT2D eigenvalue weighted by molar-refractivity contribution is -0.0902. The van der Waals surface area contributed by atoms with E-state index in [9.17, 15) is 5.11 Å². The van der Waals surface area contributed by atoms with Gasteiger partial charge in [-0.3, -0.25) is 0 Å². The van der Waals surface area contributed by atoms with Crippen LogP contribution in [-0.4, -0.2) is 29.0 Å². The van der Waals surface area contributed by atoms with Gasteiger partial charge < -0.3 is 15.6 Å². The highest BCUT2D eigenvalue weighted by atomic mass is 16.5. The summed E-state index contributed by atoms with van der Waals surface area (Å²) < 4.78 is 5.79. The minimum atomic E-state index is -0.692. The summed E-state index contributed by atoms with van der Waals surface area (Å²) in [5.41, 5.74) is 4.79. The van der Waals surface area contributed by atoms with Crippen LogP contribution in [-0.2, 0) is 4.74 Å². The van der Waals surface area contributed by atoms with E-state index in [1.807, 2.05) is 34.6 Å². The number of nitrogens with two attached hydrogens (primary N) is 1. The zero-order chi connectivity index (χ0) is 12.3. The van der Waals surface area contributed by atoms with Gasteiger partial charge in [-0.1, -0.05) is 6.92 Å². The molecule has 0 aliphatic rings. The van der Waals surface area contributed by atoms with Crippen molar-refractivity contribution in [3.8, 4) is 0 Å². The fourth-order valence-electron chi connectivity index (χ4n) is 1.27. The minimum absolute atomic E-state index is 0.0168. The van der Waals surface area contributed by atoms with Crippen LogP contribution < -0.4 is 5.73 Å². The van der Waals surface area contributed by atoms with Crippen LogP contribution in [0.25, 0.3) is 0 Å². The Morgan fingerprint density at radius 2 is 1.73 bits per heavy atom. The molecule has 0 fully saturated rings. The molecule has 0 spiro atoms. The predicted octanol–water partition coefficient (Wildman–Crippen LogP) is 1.93. The van der Waals surface area contributed by atoms with E-state index in [1.54, 1.807) is 0 Å². The molecule has 0 amide bonds. The highest BCUT2D eigenvalue weighted by Gasteiger charge is 2.30. The van der Waals surface area contributed by atoms with E-state index in [0.717, 1.165) is 6.42 Å². The quantitative estimate of drug-likeness (QED) is 0.714. The van der Waals surface area contributed by atoms with E-state index in [0.29, 0.717) is 6.61 Å². The summed E-state index contributed by atoms with van der Waals surface area (Å²) in [6.07, 6.45) is 0.901. The molecule has 3 N–H and O–H groups in total. The lowest BCUT2D eigenvalue weighted by Gasteiger charge is -2.34. The molecular formula is C12H27NO2. The molecule has 0 aromatic heterocycles. The Morgan fingerprint density at radius 3 is 2.00 bits per heavy atom. The lowest BCUT2D eigenvalue weighted by atomic mass is 9.89. The van der Waals surface area contributed by atoms with Crippen molar-refractivity contribution in [2.75, 3.05) is 6.61 Å². The van der Waals surface area contributed by atoms with Crippen LogP contribution >= 0.6 is 0 Å². The molecule has 92 valence electrons. The van der Waals surface area contributed by atoms with Gasteiger partial charge in [0.25, 0.3) is 0 Å². The third-order valence-corrected chi connectivity index (χ3v) is 3.24. The average molecular weight is 217 g/mol. The zero-order valence-corrected chi connectivity index (χ0v) is 11.0. The summed E-state index contributed by atoms with van der Waals surface area (Å²) in [4.78, 5) is 0. The van der Waals surface area contributed by atoms with Gasteiger partial charge in [-0.15, -0.1) is 0 Å². The van der Waals surface area contributed by atoms with Crippen molar-refractivity contribution in [2.45, 2.75) is 65.2 Å². The molecule has 0 heterocycles. The number of aliphatic hydroxyl groups is 1. The highest BCUT2D eigenvalue weighted by molar-refractivity contribution is 4.82. The second-order valence-corrected chi connectivity index (χ2v) is 5.46. The van der Waals surface area contributed by atoms with Gasteiger partial charge in [0.1, 0.15) is 0 Å². The fraction of sp³-hybridized carbons (Fsp3) is 1.00. The van der Waals surface area contributed by atoms with Crippen LogP contribution in [0.15, 0.2) is 0 Å². The highest BCUT2D eigenvalue weighted by Crippen LogP contribution is 2.23. The Morgan fingerprint density at radius 1 is 1.27 bits per heavy atom. The van der Waals surface area contributed by atoms with Gasteiger partial charge in [0.15, 0.2) is 0 Å². The van der Waals surface area contributed by atoms with Gasteiger partial charge in [-0.25, -0.2) is 0 Å². The molecule has 0 aromatic rings. The predicted molar refractivity (Wildman–Crippen MR) is 63.8 cm³/mol. The molecule has 0 radical (unpaired) electrons. The summed E-state index contributed by atoms with van der Waals surface area (Å²) in [6, 6.07) is -0.0168. The molecule has 15 heavy (non-hydrogen) atoms. The topological polar surface area (TPSA) is 55.5 Å². The molecule has 0 aliphatic heterocycles. The van der Waals surface area contributed by atoms with Gasteiger partial charge in [0, 0.05) is 12.0 Å². The summed E-state index contributed by atoms with van der Waals surface area (Å²) in [5.74, 6) is 0.149. The Kier molecular flexibility index (Phi) is 5.24. The molecule has 0 rings (SSSR count). The number of hydrogen-bond acceptors (Lipinski definition) is 3. The maximum atomic E-state index is 9.90. The van der Waals surface area contributed by atoms with Crippen molar-refractivity contribution in [1.82, 2.24) is 0 Å². The molecular weight excluding hydrogens is 190 g/mol. The summed E-state index contributed by atoms with van der Waals surface area (Å²) in [5, 5.41) is 9.90. The fourth-order valence-corrected chi connectivity index (χ4v) is 1.27. The maximum Gasteiger partial charge on any atom is 0.0774 e. The van der Waals surface area contributed by atoms with Gasteiger partial charge in [0.2, 0.25) is 0 Å². The number of ether oxygens (including phenoxy) is 1. The molecule has 2 atom stereocenters. The van der Waals surface area contributed by atoms with Gasteiger partial charge in [0.05, 0.1) is 17.8 Å². The van der Waals surface area contributed by atoms with E-state index < -0.39 is 5.60 Å². The van der Waals surface area contributed by atoms with E-state index in [4.69, 9.17) is 10.5 Å². The Hall–Kier alpha value is -0.120. The Bertz CT molecular complexity index is 183. The van der Waals surface area contributed by atoms with Crippen molar-refractivity contribution in [1.29, 1.82) is 0 Å². The minimum Gasteiger partial charge on any atom is -0.390 e. The SMILES string of the molecule is CCC(COC(C)(C)C(C)N)C(C)(C)O. The van der Waals surface area contributed by atoms with E-state index >= 15 is 0 Å². The molecule has 3 nitrogen and oxygen atoms in total. The van der Waals surface area contributed by atoms with Crippen molar-refractivity contribution in [2.24, 2.45) is 11.7 Å². The van der Waals surface area contributed by atoms with Crippen LogP contribution in [0.3, 0.4) is 0 Å². The number of hydrogen-bond donors (Lipinski definition) is 2. The monoisotopic (exact) mass is 217 g/mol. The van der Waals surface area contributed by atoms with Crippen molar-refractivity contribution in [3.05, 3.63) is 0 Å². The van der Waals surface area contributed by atoms with Gasteiger partial charge >= 0.3 is 0 Å². The van der Waals surface area contributed by atoms with Crippen molar-refractivity contribution in [3.63, 3.8) is 0 Å². The first-order valence-electron chi connectivity index (χ1n) is 5.73. The van der Waals surface area contributed by atoms with Crippen LogP contribution in [0.4, 0.5) is 0 Å². The second-order valence-electron chi connectivity index (χ2n) is 5.46.